The van der Waals surface area contributed by atoms with Gasteiger partial charge in [0.25, 0.3) is 0 Å². The summed E-state index contributed by atoms with van der Waals surface area (Å²) in [6.45, 7) is 0.166. The van der Waals surface area contributed by atoms with Crippen LogP contribution in [0.1, 0.15) is 21.5 Å². The lowest BCUT2D eigenvalue weighted by atomic mass is 10.1. The molecular weight excluding hydrogens is 333 g/mol. The highest BCUT2D eigenvalue weighted by Gasteiger charge is 2.14. The second-order valence-electron chi connectivity index (χ2n) is 5.16. The molecule has 0 heterocycles. The van der Waals surface area contributed by atoms with Crippen LogP contribution in [0.5, 0.6) is 0 Å². The third-order valence-corrected chi connectivity index (χ3v) is 4.36. The van der Waals surface area contributed by atoms with Gasteiger partial charge in [0.2, 0.25) is 10.9 Å². The Morgan fingerprint density at radius 2 is 1.88 bits per heavy atom. The topological polar surface area (TPSA) is 63.7 Å². The van der Waals surface area contributed by atoms with Crippen LogP contribution < -0.4 is 0 Å². The number of esters is 1. The number of thiol groups is 1. The molecule has 0 bridgehead atoms. The number of carbonyl (C=O) groups is 1. The molecule has 2 rings (SSSR count). The van der Waals surface area contributed by atoms with Crippen LogP contribution in [0.4, 0.5) is 4.39 Å². The van der Waals surface area contributed by atoms with E-state index in [1.807, 2.05) is 30.3 Å². The normalized spacial score (nSPS) is 11.0. The molecule has 0 aliphatic rings. The Morgan fingerprint density at radius 3 is 2.46 bits per heavy atom. The molecule has 7 heteroatoms. The quantitative estimate of drug-likeness (QED) is 0.613. The maximum absolute atomic E-state index is 14.1. The largest absolute Gasteiger partial charge is 0.465 e. The number of ether oxygens (including phenoxy) is 1. The molecule has 0 spiro atoms. The minimum absolute atomic E-state index is 0.0843. The number of hydrogen-bond acceptors (Lipinski definition) is 4. The van der Waals surface area contributed by atoms with Crippen LogP contribution in [0.3, 0.4) is 0 Å². The van der Waals surface area contributed by atoms with Gasteiger partial charge in [0, 0.05) is 18.7 Å². The van der Waals surface area contributed by atoms with Crippen molar-refractivity contribution in [2.75, 3.05) is 13.7 Å². The summed E-state index contributed by atoms with van der Waals surface area (Å²) in [7, 11) is -1.63. The monoisotopic (exact) mass is 351 g/mol. The first-order chi connectivity index (χ1) is 11.5. The summed E-state index contributed by atoms with van der Waals surface area (Å²) in [5.74, 6) is -1.28. The highest BCUT2D eigenvalue weighted by atomic mass is 32.2. The molecule has 0 saturated heterocycles. The highest BCUT2D eigenvalue weighted by molar-refractivity contribution is 7.69. The van der Waals surface area contributed by atoms with Crippen LogP contribution in [0.25, 0.3) is 0 Å². The second-order valence-corrected chi connectivity index (χ2v) is 6.20. The Morgan fingerprint density at radius 1 is 1.17 bits per heavy atom. The molecule has 0 atom stereocenters. The smallest absolute Gasteiger partial charge is 0.337 e. The van der Waals surface area contributed by atoms with Crippen LogP contribution >= 0.6 is 0 Å². The van der Waals surface area contributed by atoms with Crippen molar-refractivity contribution in [3.05, 3.63) is 71.0 Å². The number of rotatable bonds is 7. The molecule has 2 aromatic carbocycles. The average Bonchev–Trinajstić information content (AvgIpc) is 2.59. The number of methoxy groups -OCH3 is 1. The van der Waals surface area contributed by atoms with Gasteiger partial charge >= 0.3 is 5.97 Å². The maximum Gasteiger partial charge on any atom is 0.337 e. The summed E-state index contributed by atoms with van der Waals surface area (Å²) >= 11 is 0. The molecule has 5 nitrogen and oxygen atoms in total. The van der Waals surface area contributed by atoms with E-state index in [-0.39, 0.29) is 24.2 Å². The van der Waals surface area contributed by atoms with Gasteiger partial charge in [0.15, 0.2) is 0 Å². The zero-order valence-electron chi connectivity index (χ0n) is 13.1. The van der Waals surface area contributed by atoms with Gasteiger partial charge in [0.05, 0.1) is 12.7 Å². The molecule has 24 heavy (non-hydrogen) atoms. The Bertz CT molecular complexity index is 769. The molecule has 0 aromatic heterocycles. The van der Waals surface area contributed by atoms with E-state index in [9.17, 15) is 17.6 Å². The van der Waals surface area contributed by atoms with E-state index in [0.29, 0.717) is 6.42 Å². The predicted octanol–water partition coefficient (Wildman–Crippen LogP) is 2.18. The molecule has 0 aliphatic heterocycles. The van der Waals surface area contributed by atoms with E-state index in [1.165, 1.54) is 23.5 Å². The molecule has 0 fully saturated rings. The van der Waals surface area contributed by atoms with Crippen molar-refractivity contribution in [3.8, 4) is 0 Å². The van der Waals surface area contributed by atoms with Gasteiger partial charge in [-0.2, -0.15) is 4.31 Å². The number of halogens is 1. The first kappa shape index (κ1) is 18.1. The Labute approximate surface area is 141 Å². The van der Waals surface area contributed by atoms with Crippen molar-refractivity contribution in [2.45, 2.75) is 13.0 Å². The summed E-state index contributed by atoms with van der Waals surface area (Å²) in [5.41, 5.74) is 1.29. The summed E-state index contributed by atoms with van der Waals surface area (Å²) in [6, 6.07) is 13.3. The molecule has 0 N–H and O–H groups in total. The van der Waals surface area contributed by atoms with Crippen molar-refractivity contribution >= 4 is 16.9 Å². The lowest BCUT2D eigenvalue weighted by molar-refractivity contribution is 0.0600. The Balaban J connectivity index is 2.09. The van der Waals surface area contributed by atoms with E-state index >= 15 is 0 Å². The van der Waals surface area contributed by atoms with Crippen molar-refractivity contribution in [3.63, 3.8) is 0 Å². The van der Waals surface area contributed by atoms with E-state index in [0.717, 1.165) is 11.6 Å². The van der Waals surface area contributed by atoms with Crippen molar-refractivity contribution in [1.82, 2.24) is 4.31 Å². The molecular formula is C17H18FNO4S. The predicted molar refractivity (Wildman–Crippen MR) is 88.6 cm³/mol. The molecule has 0 amide bonds. The summed E-state index contributed by atoms with van der Waals surface area (Å²) in [5, 5.41) is 0. The molecule has 2 aromatic rings. The number of hydrogen-bond donors (Lipinski definition) is 1. The van der Waals surface area contributed by atoms with E-state index in [2.05, 4.69) is 4.74 Å². The molecule has 0 unspecified atom stereocenters. The van der Waals surface area contributed by atoms with Gasteiger partial charge in [-0.05, 0) is 24.1 Å². The lowest BCUT2D eigenvalue weighted by Crippen LogP contribution is -2.24. The second kappa shape index (κ2) is 8.56. The maximum atomic E-state index is 14.1. The lowest BCUT2D eigenvalue weighted by Gasteiger charge is -2.16. The van der Waals surface area contributed by atoms with Gasteiger partial charge in [-0.3, -0.25) is 0 Å². The minimum Gasteiger partial charge on any atom is -0.465 e. The molecule has 0 radical (unpaired) electrons. The Kier molecular flexibility index (Phi) is 6.45. The van der Waals surface area contributed by atoms with Gasteiger partial charge in [0.1, 0.15) is 5.82 Å². The molecule has 0 saturated carbocycles. The van der Waals surface area contributed by atoms with Gasteiger partial charge in [-0.15, -0.1) is 0 Å². The van der Waals surface area contributed by atoms with Crippen LogP contribution in [0.2, 0.25) is 0 Å². The molecule has 128 valence electrons. The highest BCUT2D eigenvalue weighted by Crippen LogP contribution is 2.14. The van der Waals surface area contributed by atoms with Crippen LogP contribution in [0.15, 0.2) is 48.5 Å². The third-order valence-electron chi connectivity index (χ3n) is 3.56. The first-order valence-corrected chi connectivity index (χ1v) is 8.44. The SMILES string of the molecule is COC(=O)c1ccc(CN(CCc2ccccc2)[SH](=O)=O)c(F)c1. The van der Waals surface area contributed by atoms with Gasteiger partial charge in [-0.25, -0.2) is 17.6 Å². The minimum atomic E-state index is -2.84. The third kappa shape index (κ3) is 4.87. The van der Waals surface area contributed by atoms with Crippen LogP contribution in [0, 0.1) is 5.82 Å². The fourth-order valence-corrected chi connectivity index (χ4v) is 2.77. The zero-order chi connectivity index (χ0) is 17.5. The average molecular weight is 351 g/mol. The number of carbonyl (C=O) groups excluding carboxylic acids is 1. The van der Waals surface area contributed by atoms with Gasteiger partial charge in [-0.1, -0.05) is 36.4 Å². The summed E-state index contributed by atoms with van der Waals surface area (Å²) in [6.07, 6.45) is 0.534. The fraction of sp³-hybridized carbons (Fsp3) is 0.235. The van der Waals surface area contributed by atoms with Gasteiger partial charge < -0.3 is 4.74 Å². The van der Waals surface area contributed by atoms with Crippen LogP contribution in [-0.4, -0.2) is 32.3 Å². The zero-order valence-corrected chi connectivity index (χ0v) is 14.0. The van der Waals surface area contributed by atoms with E-state index < -0.39 is 22.7 Å². The van der Waals surface area contributed by atoms with Crippen molar-refractivity contribution in [1.29, 1.82) is 0 Å². The fourth-order valence-electron chi connectivity index (χ4n) is 2.24. The van der Waals surface area contributed by atoms with Crippen molar-refractivity contribution in [2.24, 2.45) is 0 Å². The van der Waals surface area contributed by atoms with E-state index in [4.69, 9.17) is 0 Å². The summed E-state index contributed by atoms with van der Waals surface area (Å²) < 4.78 is 42.7. The van der Waals surface area contributed by atoms with Crippen LogP contribution in [-0.2, 0) is 28.6 Å². The van der Waals surface area contributed by atoms with E-state index in [1.54, 1.807) is 0 Å². The first-order valence-electron chi connectivity index (χ1n) is 7.31. The Hall–Kier alpha value is -2.25. The molecule has 0 aliphatic carbocycles. The number of nitrogens with zero attached hydrogens (tertiary/aromatic N) is 1. The standard InChI is InChI=1S/C17H18FNO4S/c1-23-17(20)14-7-8-15(16(18)11-14)12-19(24(21)22)10-9-13-5-3-2-4-6-13/h2-8,11,24H,9-10,12H2,1H3. The summed E-state index contributed by atoms with van der Waals surface area (Å²) in [4.78, 5) is 11.4. The number of benzene rings is 2. The van der Waals surface area contributed by atoms with Crippen molar-refractivity contribution < 1.29 is 22.3 Å².